The first-order valence-electron chi connectivity index (χ1n) is 20.3. The van der Waals surface area contributed by atoms with Crippen molar-refractivity contribution >= 4 is 37.1 Å². The zero-order chi connectivity index (χ0) is 40.6. The molecular weight excluding hydrogens is 829 g/mol. The van der Waals surface area contributed by atoms with Gasteiger partial charge in [-0.15, -0.1) is 0 Å². The van der Waals surface area contributed by atoms with E-state index in [-0.39, 0.29) is 4.90 Å². The molecule has 59 heavy (non-hydrogen) atoms. The molecular formula is C45H49BrN8O4S. The van der Waals surface area contributed by atoms with Gasteiger partial charge in [0.25, 0.3) is 0 Å². The van der Waals surface area contributed by atoms with Gasteiger partial charge in [-0.3, -0.25) is 9.80 Å². The Balaban J connectivity index is 0.000000172. The molecule has 2 aliphatic rings. The molecule has 0 amide bonds. The van der Waals surface area contributed by atoms with Crippen molar-refractivity contribution < 1.29 is 17.9 Å². The number of ether oxygens (including phenoxy) is 2. The van der Waals surface area contributed by atoms with Crippen molar-refractivity contribution in [1.82, 2.24) is 39.0 Å². The van der Waals surface area contributed by atoms with Crippen LogP contribution < -0.4 is 9.47 Å². The quantitative estimate of drug-likeness (QED) is 0.119. The maximum atomic E-state index is 11.9. The van der Waals surface area contributed by atoms with Crippen molar-refractivity contribution in [3.63, 3.8) is 0 Å². The third kappa shape index (κ3) is 10.4. The lowest BCUT2D eigenvalue weighted by Gasteiger charge is -2.26. The molecule has 9 rings (SSSR count). The number of halogens is 1. The average Bonchev–Trinajstić information content (AvgIpc) is 3.87. The van der Waals surface area contributed by atoms with Gasteiger partial charge in [0.05, 0.1) is 21.8 Å². The normalized spacial score (nSPS) is 15.2. The van der Waals surface area contributed by atoms with E-state index in [0.717, 1.165) is 74.7 Å². The third-order valence-electron chi connectivity index (χ3n) is 10.9. The molecule has 0 aliphatic carbocycles. The topological polar surface area (TPSA) is 119 Å². The zero-order valence-electron chi connectivity index (χ0n) is 33.3. The van der Waals surface area contributed by atoms with Crippen molar-refractivity contribution in [1.29, 1.82) is 0 Å². The number of piperidine rings is 2. The number of sulfone groups is 1. The second-order valence-electron chi connectivity index (χ2n) is 15.1. The Bertz CT molecular complexity index is 2580. The van der Waals surface area contributed by atoms with Gasteiger partial charge < -0.3 is 9.47 Å². The minimum Gasteiger partial charge on any atom is -0.492 e. The molecule has 0 N–H and O–H groups in total. The minimum absolute atomic E-state index is 0.277. The summed E-state index contributed by atoms with van der Waals surface area (Å²) in [6.07, 6.45) is 20.2. The summed E-state index contributed by atoms with van der Waals surface area (Å²) in [7, 11) is -3.29. The summed E-state index contributed by atoms with van der Waals surface area (Å²) in [6, 6.07) is 23.1. The van der Waals surface area contributed by atoms with Crippen LogP contribution >= 0.6 is 15.9 Å². The largest absolute Gasteiger partial charge is 0.492 e. The standard InChI is InChI=1S/C26H28N4O3S.C19H21BrN4O/c1-34(31,32)24-7-5-6-21(16-24)25-18-28-30-19-22(17-27-26(25)30)20-8-10-23(11-9-20)33-15-14-29-12-3-2-4-13-29;20-18-13-22-24-14-16(12-21-19(18)24)15-4-6-17(7-5-15)25-11-10-23-8-2-1-3-9-23/h5-11,16-19H,2-4,12-15H2,1H3;4-7,12-14H,1-3,8-11H2. The van der Waals surface area contributed by atoms with E-state index < -0.39 is 9.84 Å². The smallest absolute Gasteiger partial charge is 0.175 e. The molecule has 4 aromatic heterocycles. The Morgan fingerprint density at radius 1 is 0.593 bits per heavy atom. The van der Waals surface area contributed by atoms with Crippen molar-refractivity contribution in [2.24, 2.45) is 0 Å². The average molecular weight is 878 g/mol. The van der Waals surface area contributed by atoms with Crippen LogP contribution in [0.2, 0.25) is 0 Å². The number of fused-ring (bicyclic) bond motifs is 2. The van der Waals surface area contributed by atoms with E-state index in [1.807, 2.05) is 67.3 Å². The van der Waals surface area contributed by atoms with Gasteiger partial charge in [-0.05, 0) is 121 Å². The lowest BCUT2D eigenvalue weighted by atomic mass is 10.1. The number of rotatable bonds is 12. The van der Waals surface area contributed by atoms with Crippen molar-refractivity contribution in [2.75, 3.05) is 58.7 Å². The summed E-state index contributed by atoms with van der Waals surface area (Å²) in [5, 5.41) is 8.74. The number of hydrogen-bond acceptors (Lipinski definition) is 10. The van der Waals surface area contributed by atoms with E-state index in [0.29, 0.717) is 12.3 Å². The van der Waals surface area contributed by atoms with Gasteiger partial charge in [-0.2, -0.15) is 10.2 Å². The highest BCUT2D eigenvalue weighted by Gasteiger charge is 2.15. The van der Waals surface area contributed by atoms with Crippen LogP contribution in [0.4, 0.5) is 0 Å². The molecule has 7 aromatic rings. The second kappa shape index (κ2) is 18.8. The summed E-state index contributed by atoms with van der Waals surface area (Å²) in [4.78, 5) is 14.3. The van der Waals surface area contributed by atoms with Crippen molar-refractivity contribution in [2.45, 2.75) is 43.4 Å². The molecule has 2 aliphatic heterocycles. The second-order valence-corrected chi connectivity index (χ2v) is 18.0. The summed E-state index contributed by atoms with van der Waals surface area (Å²) < 4.78 is 40.1. The van der Waals surface area contributed by atoms with Crippen LogP contribution in [0.5, 0.6) is 11.5 Å². The van der Waals surface area contributed by atoms with Gasteiger partial charge in [0.2, 0.25) is 0 Å². The Morgan fingerprint density at radius 3 is 1.64 bits per heavy atom. The Hall–Kier alpha value is -5.15. The third-order valence-corrected chi connectivity index (χ3v) is 12.5. The van der Waals surface area contributed by atoms with Crippen LogP contribution in [-0.2, 0) is 9.84 Å². The highest BCUT2D eigenvalue weighted by molar-refractivity contribution is 9.10. The van der Waals surface area contributed by atoms with E-state index in [1.165, 1.54) is 71.0 Å². The molecule has 14 heteroatoms. The van der Waals surface area contributed by atoms with Crippen LogP contribution in [0.25, 0.3) is 44.7 Å². The number of benzene rings is 3. The fraction of sp³-hybridized carbons (Fsp3) is 0.333. The van der Waals surface area contributed by atoms with E-state index in [2.05, 4.69) is 58.0 Å². The number of likely N-dealkylation sites (tertiary alicyclic amines) is 2. The molecule has 3 aromatic carbocycles. The van der Waals surface area contributed by atoms with E-state index in [1.54, 1.807) is 39.6 Å². The molecule has 0 spiro atoms. The predicted molar refractivity (Wildman–Crippen MR) is 235 cm³/mol. The monoisotopic (exact) mass is 876 g/mol. The molecule has 0 radical (unpaired) electrons. The molecule has 306 valence electrons. The number of hydrogen-bond donors (Lipinski definition) is 0. The molecule has 0 unspecified atom stereocenters. The first-order valence-corrected chi connectivity index (χ1v) is 23.0. The van der Waals surface area contributed by atoms with E-state index in [9.17, 15) is 8.42 Å². The zero-order valence-corrected chi connectivity index (χ0v) is 35.7. The summed E-state index contributed by atoms with van der Waals surface area (Å²) >= 11 is 3.44. The van der Waals surface area contributed by atoms with Gasteiger partial charge in [0, 0.05) is 60.8 Å². The van der Waals surface area contributed by atoms with Crippen LogP contribution in [0, 0.1) is 0 Å². The van der Waals surface area contributed by atoms with E-state index >= 15 is 0 Å². The molecule has 0 saturated carbocycles. The first-order chi connectivity index (χ1) is 28.8. The fourth-order valence-corrected chi connectivity index (χ4v) is 8.60. The predicted octanol–water partition coefficient (Wildman–Crippen LogP) is 8.36. The lowest BCUT2D eigenvalue weighted by molar-refractivity contribution is 0.183. The van der Waals surface area contributed by atoms with Crippen LogP contribution in [0.1, 0.15) is 38.5 Å². The molecule has 12 nitrogen and oxygen atoms in total. The number of nitrogens with zero attached hydrogens (tertiary/aromatic N) is 8. The summed E-state index contributed by atoms with van der Waals surface area (Å²) in [5.74, 6) is 1.78. The summed E-state index contributed by atoms with van der Waals surface area (Å²) in [6.45, 7) is 8.19. The van der Waals surface area contributed by atoms with Crippen LogP contribution in [0.15, 0.2) is 119 Å². The molecule has 0 bridgehead atoms. The highest BCUT2D eigenvalue weighted by atomic mass is 79.9. The molecule has 2 fully saturated rings. The van der Waals surface area contributed by atoms with Crippen LogP contribution in [0.3, 0.4) is 0 Å². The Labute approximate surface area is 353 Å². The lowest BCUT2D eigenvalue weighted by Crippen LogP contribution is -2.33. The summed E-state index contributed by atoms with van der Waals surface area (Å²) in [5.41, 5.74) is 7.14. The molecule has 2 saturated heterocycles. The highest BCUT2D eigenvalue weighted by Crippen LogP contribution is 2.29. The van der Waals surface area contributed by atoms with E-state index in [4.69, 9.17) is 9.47 Å². The van der Waals surface area contributed by atoms with Gasteiger partial charge in [0.15, 0.2) is 21.1 Å². The van der Waals surface area contributed by atoms with Gasteiger partial charge in [-0.25, -0.2) is 27.4 Å². The number of aromatic nitrogens is 6. The first kappa shape index (κ1) is 40.6. The van der Waals surface area contributed by atoms with Crippen LogP contribution in [-0.4, -0.2) is 106 Å². The van der Waals surface area contributed by atoms with Gasteiger partial charge >= 0.3 is 0 Å². The maximum Gasteiger partial charge on any atom is 0.175 e. The van der Waals surface area contributed by atoms with Gasteiger partial charge in [0.1, 0.15) is 24.7 Å². The SMILES string of the molecule is Brc1cnn2cc(-c3ccc(OCCN4CCCCC4)cc3)cnc12.CS(=O)(=O)c1cccc(-c2cnn3cc(-c4ccc(OCCN5CCCCC5)cc4)cnc23)c1. The van der Waals surface area contributed by atoms with Crippen molar-refractivity contribution in [3.8, 4) is 44.9 Å². The Morgan fingerprint density at radius 2 is 1.10 bits per heavy atom. The fourth-order valence-electron chi connectivity index (χ4n) is 7.55. The molecule has 6 heterocycles. The molecule has 0 atom stereocenters. The minimum atomic E-state index is -3.29. The van der Waals surface area contributed by atoms with Gasteiger partial charge in [-0.1, -0.05) is 49.2 Å². The van der Waals surface area contributed by atoms with Crippen molar-refractivity contribution in [3.05, 3.63) is 114 Å². The Kier molecular flexibility index (Phi) is 13.0. The maximum absolute atomic E-state index is 11.9.